The molecule has 0 spiro atoms. The number of amides is 1. The first kappa shape index (κ1) is 20.7. The van der Waals surface area contributed by atoms with Crippen molar-refractivity contribution in [3.8, 4) is 11.5 Å². The Morgan fingerprint density at radius 3 is 2.60 bits per heavy atom. The van der Waals surface area contributed by atoms with Crippen LogP contribution >= 0.6 is 0 Å². The van der Waals surface area contributed by atoms with Crippen LogP contribution < -0.4 is 20.3 Å². The van der Waals surface area contributed by atoms with Crippen molar-refractivity contribution in [1.82, 2.24) is 15.8 Å². The van der Waals surface area contributed by atoms with E-state index in [-0.39, 0.29) is 18.0 Å². The number of β-amino-alcohol motifs (C(OH)–C–C–N with tert-alkyl or cyclic N) is 1. The van der Waals surface area contributed by atoms with E-state index in [2.05, 4.69) is 10.9 Å². The van der Waals surface area contributed by atoms with Gasteiger partial charge in [-0.2, -0.15) is 0 Å². The van der Waals surface area contributed by atoms with E-state index < -0.39 is 5.60 Å². The molecule has 0 bridgehead atoms. The highest BCUT2D eigenvalue weighted by Crippen LogP contribution is 2.35. The molecule has 3 atom stereocenters. The predicted molar refractivity (Wildman–Crippen MR) is 113 cm³/mol. The zero-order chi connectivity index (χ0) is 21.3. The molecule has 2 heterocycles. The number of nitrogens with one attached hydrogen (secondary N) is 2. The number of hydrazine groups is 1. The summed E-state index contributed by atoms with van der Waals surface area (Å²) in [5.74, 6) is 1.44. The summed E-state index contributed by atoms with van der Waals surface area (Å²) in [5, 5.41) is 11.1. The molecule has 0 radical (unpaired) electrons. The molecule has 3 N–H and O–H groups in total. The molecule has 7 heteroatoms. The van der Waals surface area contributed by atoms with Gasteiger partial charge >= 0.3 is 0 Å². The standard InChI is InChI=1S/C23H29N3O4/c1-15-4-6-16(7-5-15)23(28)10-11-26(14-23)22(27)20-13-19(24-25-20)18-9-8-17(29-2)12-21(18)30-3/h4-9,12,19-20,24-25,28H,10-11,13-14H2,1-3H3. The number of carbonyl (C=O) groups excluding carboxylic acids is 1. The summed E-state index contributed by atoms with van der Waals surface area (Å²) in [5.41, 5.74) is 8.33. The van der Waals surface area contributed by atoms with Crippen LogP contribution in [0.2, 0.25) is 0 Å². The second-order valence-corrected chi connectivity index (χ2v) is 8.14. The highest BCUT2D eigenvalue weighted by Gasteiger charge is 2.42. The molecule has 2 aliphatic heterocycles. The zero-order valence-corrected chi connectivity index (χ0v) is 17.6. The van der Waals surface area contributed by atoms with Crippen molar-refractivity contribution in [2.24, 2.45) is 0 Å². The van der Waals surface area contributed by atoms with E-state index in [4.69, 9.17) is 9.47 Å². The lowest BCUT2D eigenvalue weighted by Crippen LogP contribution is -2.45. The van der Waals surface area contributed by atoms with Crippen LogP contribution in [0.1, 0.15) is 35.6 Å². The van der Waals surface area contributed by atoms with Crippen molar-refractivity contribution in [3.63, 3.8) is 0 Å². The molecule has 2 aromatic carbocycles. The van der Waals surface area contributed by atoms with Gasteiger partial charge in [0.2, 0.25) is 5.91 Å². The zero-order valence-electron chi connectivity index (χ0n) is 17.6. The molecule has 4 rings (SSSR count). The van der Waals surface area contributed by atoms with E-state index in [0.29, 0.717) is 25.9 Å². The molecule has 160 valence electrons. The van der Waals surface area contributed by atoms with Crippen molar-refractivity contribution >= 4 is 5.91 Å². The van der Waals surface area contributed by atoms with Gasteiger partial charge in [-0.25, -0.2) is 10.9 Å². The Hall–Kier alpha value is -2.61. The molecule has 2 fully saturated rings. The van der Waals surface area contributed by atoms with Gasteiger partial charge in [0.1, 0.15) is 23.1 Å². The molecule has 3 unspecified atom stereocenters. The normalized spacial score (nSPS) is 26.1. The molecule has 7 nitrogen and oxygen atoms in total. The van der Waals surface area contributed by atoms with Crippen molar-refractivity contribution in [1.29, 1.82) is 0 Å². The smallest absolute Gasteiger partial charge is 0.241 e. The fourth-order valence-corrected chi connectivity index (χ4v) is 4.33. The summed E-state index contributed by atoms with van der Waals surface area (Å²) in [6.45, 7) is 2.87. The number of nitrogens with zero attached hydrogens (tertiary/aromatic N) is 1. The fourth-order valence-electron chi connectivity index (χ4n) is 4.33. The highest BCUT2D eigenvalue weighted by atomic mass is 16.5. The van der Waals surface area contributed by atoms with Crippen LogP contribution in [0.3, 0.4) is 0 Å². The first-order valence-electron chi connectivity index (χ1n) is 10.2. The Labute approximate surface area is 177 Å². The molecule has 2 aliphatic rings. The maximum Gasteiger partial charge on any atom is 0.241 e. The van der Waals surface area contributed by atoms with Crippen molar-refractivity contribution in [2.75, 3.05) is 27.3 Å². The van der Waals surface area contributed by atoms with E-state index in [1.165, 1.54) is 0 Å². The summed E-state index contributed by atoms with van der Waals surface area (Å²) in [6, 6.07) is 13.1. The summed E-state index contributed by atoms with van der Waals surface area (Å²) < 4.78 is 10.8. The largest absolute Gasteiger partial charge is 0.497 e. The van der Waals surface area contributed by atoms with Gasteiger partial charge in [0, 0.05) is 18.2 Å². The number of benzene rings is 2. The Kier molecular flexibility index (Phi) is 5.69. The van der Waals surface area contributed by atoms with Gasteiger partial charge < -0.3 is 19.5 Å². The Morgan fingerprint density at radius 2 is 1.90 bits per heavy atom. The summed E-state index contributed by atoms with van der Waals surface area (Å²) >= 11 is 0. The van der Waals surface area contributed by atoms with E-state index >= 15 is 0 Å². The number of aryl methyl sites for hydroxylation is 1. The molecular formula is C23H29N3O4. The summed E-state index contributed by atoms with van der Waals surface area (Å²) in [4.78, 5) is 14.9. The Morgan fingerprint density at radius 1 is 1.13 bits per heavy atom. The van der Waals surface area contributed by atoms with Gasteiger partial charge in [-0.3, -0.25) is 4.79 Å². The maximum absolute atomic E-state index is 13.1. The number of aliphatic hydroxyl groups is 1. The number of rotatable bonds is 5. The molecule has 2 saturated heterocycles. The second-order valence-electron chi connectivity index (χ2n) is 8.14. The number of carbonyl (C=O) groups is 1. The lowest BCUT2D eigenvalue weighted by Gasteiger charge is -2.25. The molecule has 0 aliphatic carbocycles. The minimum Gasteiger partial charge on any atom is -0.497 e. The van der Waals surface area contributed by atoms with Crippen LogP contribution in [0.5, 0.6) is 11.5 Å². The summed E-state index contributed by atoms with van der Waals surface area (Å²) in [7, 11) is 3.24. The maximum atomic E-state index is 13.1. The third kappa shape index (κ3) is 3.88. The quantitative estimate of drug-likeness (QED) is 0.699. The lowest BCUT2D eigenvalue weighted by molar-refractivity contribution is -0.133. The van der Waals surface area contributed by atoms with Crippen molar-refractivity contribution in [3.05, 3.63) is 59.2 Å². The predicted octanol–water partition coefficient (Wildman–Crippen LogP) is 2.04. The van der Waals surface area contributed by atoms with Gasteiger partial charge in [-0.05, 0) is 31.4 Å². The fraction of sp³-hybridized carbons (Fsp3) is 0.435. The highest BCUT2D eigenvalue weighted by molar-refractivity contribution is 5.82. The van der Waals surface area contributed by atoms with Gasteiger partial charge in [0.25, 0.3) is 0 Å². The summed E-state index contributed by atoms with van der Waals surface area (Å²) in [6.07, 6.45) is 1.14. The molecular weight excluding hydrogens is 382 g/mol. The molecule has 2 aromatic rings. The van der Waals surface area contributed by atoms with Gasteiger partial charge in [0.05, 0.1) is 26.8 Å². The van der Waals surface area contributed by atoms with Crippen molar-refractivity contribution < 1.29 is 19.4 Å². The molecule has 0 saturated carbocycles. The van der Waals surface area contributed by atoms with Crippen LogP contribution in [0.15, 0.2) is 42.5 Å². The number of hydrogen-bond acceptors (Lipinski definition) is 6. The minimum atomic E-state index is -0.992. The monoisotopic (exact) mass is 411 g/mol. The minimum absolute atomic E-state index is 0.000477. The van der Waals surface area contributed by atoms with Gasteiger partial charge in [-0.15, -0.1) is 0 Å². The topological polar surface area (TPSA) is 83.1 Å². The van der Waals surface area contributed by atoms with Crippen LogP contribution in [0.25, 0.3) is 0 Å². The van der Waals surface area contributed by atoms with E-state index in [9.17, 15) is 9.90 Å². The first-order chi connectivity index (χ1) is 14.4. The van der Waals surface area contributed by atoms with Crippen LogP contribution in [-0.2, 0) is 10.4 Å². The van der Waals surface area contributed by atoms with E-state index in [1.807, 2.05) is 49.4 Å². The second kappa shape index (κ2) is 8.26. The van der Waals surface area contributed by atoms with Crippen molar-refractivity contribution in [2.45, 2.75) is 37.5 Å². The molecule has 0 aromatic heterocycles. The number of methoxy groups -OCH3 is 2. The lowest BCUT2D eigenvalue weighted by atomic mass is 9.92. The van der Waals surface area contributed by atoms with Crippen LogP contribution in [0.4, 0.5) is 0 Å². The molecule has 30 heavy (non-hydrogen) atoms. The van der Waals surface area contributed by atoms with E-state index in [1.54, 1.807) is 19.1 Å². The molecule has 1 amide bonds. The first-order valence-corrected chi connectivity index (χ1v) is 10.2. The average Bonchev–Trinajstić information content (AvgIpc) is 3.41. The third-order valence-electron chi connectivity index (χ3n) is 6.17. The SMILES string of the molecule is COc1ccc(C2CC(C(=O)N3CCC(O)(c4ccc(C)cc4)C3)NN2)c(OC)c1. The Balaban J connectivity index is 1.43. The number of likely N-dealkylation sites (tertiary alicyclic amines) is 1. The van der Waals surface area contributed by atoms with E-state index in [0.717, 1.165) is 28.2 Å². The Bertz CT molecular complexity index is 917. The third-order valence-corrected chi connectivity index (χ3v) is 6.17. The van der Waals surface area contributed by atoms with Gasteiger partial charge in [0.15, 0.2) is 0 Å². The van der Waals surface area contributed by atoms with Gasteiger partial charge in [-0.1, -0.05) is 35.9 Å². The average molecular weight is 412 g/mol. The number of ether oxygens (including phenoxy) is 2. The van der Waals surface area contributed by atoms with Crippen LogP contribution in [-0.4, -0.2) is 49.3 Å². The number of hydrogen-bond donors (Lipinski definition) is 3. The van der Waals surface area contributed by atoms with Crippen LogP contribution in [0, 0.1) is 6.92 Å².